The van der Waals surface area contributed by atoms with Crippen LogP contribution >= 0.6 is 0 Å². The molecule has 1 unspecified atom stereocenters. The van der Waals surface area contributed by atoms with Crippen molar-refractivity contribution in [1.29, 1.82) is 0 Å². The Labute approximate surface area is 88.2 Å². The van der Waals surface area contributed by atoms with E-state index in [1.165, 1.54) is 0 Å². The van der Waals surface area contributed by atoms with Gasteiger partial charge >= 0.3 is 6.01 Å². The van der Waals surface area contributed by atoms with E-state index in [1.54, 1.807) is 6.92 Å². The van der Waals surface area contributed by atoms with Crippen LogP contribution in [0.1, 0.15) is 25.6 Å². The molecule has 15 heavy (non-hydrogen) atoms. The number of amides is 1. The number of nitrogens with two attached hydrogens (primary N) is 1. The van der Waals surface area contributed by atoms with Gasteiger partial charge in [0, 0.05) is 6.42 Å². The van der Waals surface area contributed by atoms with Crippen LogP contribution in [-0.2, 0) is 4.79 Å². The number of rotatable bonds is 5. The molecular formula is C9H16N4O2. The van der Waals surface area contributed by atoms with E-state index in [0.29, 0.717) is 18.8 Å². The van der Waals surface area contributed by atoms with E-state index in [-0.39, 0.29) is 17.8 Å². The van der Waals surface area contributed by atoms with E-state index < -0.39 is 0 Å². The first kappa shape index (κ1) is 11.6. The lowest BCUT2D eigenvalue weighted by atomic mass is 10.0. The second kappa shape index (κ2) is 5.45. The monoisotopic (exact) mass is 212 g/mol. The van der Waals surface area contributed by atoms with Crippen LogP contribution in [0, 0.1) is 12.8 Å². The van der Waals surface area contributed by atoms with Gasteiger partial charge in [-0.05, 0) is 19.4 Å². The van der Waals surface area contributed by atoms with Crippen LogP contribution in [-0.4, -0.2) is 22.6 Å². The summed E-state index contributed by atoms with van der Waals surface area (Å²) in [6.07, 6.45) is 1.27. The van der Waals surface area contributed by atoms with E-state index in [2.05, 4.69) is 15.5 Å². The average Bonchev–Trinajstić information content (AvgIpc) is 2.60. The zero-order valence-corrected chi connectivity index (χ0v) is 8.99. The van der Waals surface area contributed by atoms with Crippen LogP contribution in [0.15, 0.2) is 4.52 Å². The third-order valence-electron chi connectivity index (χ3n) is 2.16. The molecule has 0 aliphatic carbocycles. The lowest BCUT2D eigenvalue weighted by molar-refractivity contribution is -0.117. The van der Waals surface area contributed by atoms with E-state index in [9.17, 15) is 4.79 Å². The molecule has 0 radical (unpaired) electrons. The molecule has 1 atom stereocenters. The number of hydrogen-bond donors (Lipinski definition) is 2. The molecule has 0 fully saturated rings. The second-order valence-corrected chi connectivity index (χ2v) is 3.41. The van der Waals surface area contributed by atoms with Crippen molar-refractivity contribution in [2.24, 2.45) is 11.7 Å². The van der Waals surface area contributed by atoms with Gasteiger partial charge in [0.2, 0.25) is 5.91 Å². The Hall–Kier alpha value is -1.43. The van der Waals surface area contributed by atoms with Gasteiger partial charge < -0.3 is 10.3 Å². The highest BCUT2D eigenvalue weighted by Crippen LogP contribution is 2.08. The number of hydrogen-bond acceptors (Lipinski definition) is 5. The van der Waals surface area contributed by atoms with Gasteiger partial charge in [-0.15, -0.1) is 0 Å². The molecule has 0 saturated carbocycles. The molecule has 1 amide bonds. The fourth-order valence-corrected chi connectivity index (χ4v) is 1.17. The summed E-state index contributed by atoms with van der Waals surface area (Å²) in [5, 5.41) is 6.09. The second-order valence-electron chi connectivity index (χ2n) is 3.41. The van der Waals surface area contributed by atoms with Crippen LogP contribution in [0.4, 0.5) is 6.01 Å². The zero-order chi connectivity index (χ0) is 11.3. The molecule has 1 rings (SSSR count). The highest BCUT2D eigenvalue weighted by molar-refractivity contribution is 5.88. The Kier molecular flexibility index (Phi) is 4.23. The van der Waals surface area contributed by atoms with Gasteiger partial charge in [0.25, 0.3) is 0 Å². The molecule has 0 spiro atoms. The van der Waals surface area contributed by atoms with Crippen LogP contribution in [0.3, 0.4) is 0 Å². The molecule has 0 aliphatic heterocycles. The van der Waals surface area contributed by atoms with Crippen molar-refractivity contribution in [2.45, 2.75) is 26.7 Å². The number of carbonyl (C=O) groups excluding carboxylic acids is 1. The molecule has 6 nitrogen and oxygen atoms in total. The van der Waals surface area contributed by atoms with E-state index in [4.69, 9.17) is 10.3 Å². The summed E-state index contributed by atoms with van der Waals surface area (Å²) in [5.74, 6) is 0.557. The number of nitrogens with zero attached hydrogens (tertiary/aromatic N) is 2. The molecular weight excluding hydrogens is 196 g/mol. The molecule has 1 heterocycles. The lowest BCUT2D eigenvalue weighted by Gasteiger charge is -2.09. The van der Waals surface area contributed by atoms with Crippen LogP contribution < -0.4 is 11.1 Å². The maximum Gasteiger partial charge on any atom is 0.328 e. The Balaban J connectivity index is 2.42. The number of anilines is 1. The smallest absolute Gasteiger partial charge is 0.328 e. The van der Waals surface area contributed by atoms with Crippen LogP contribution in [0.5, 0.6) is 0 Å². The Morgan fingerprint density at radius 1 is 1.67 bits per heavy atom. The molecule has 6 heteroatoms. The first-order chi connectivity index (χ1) is 7.15. The maximum atomic E-state index is 11.5. The molecule has 84 valence electrons. The fourth-order valence-electron chi connectivity index (χ4n) is 1.17. The summed E-state index contributed by atoms with van der Waals surface area (Å²) in [4.78, 5) is 15.3. The van der Waals surface area contributed by atoms with Crippen molar-refractivity contribution < 1.29 is 9.32 Å². The molecule has 0 saturated heterocycles. The topological polar surface area (TPSA) is 94.0 Å². The van der Waals surface area contributed by atoms with Crippen molar-refractivity contribution in [1.82, 2.24) is 10.1 Å². The zero-order valence-electron chi connectivity index (χ0n) is 8.99. The third-order valence-corrected chi connectivity index (χ3v) is 2.16. The molecule has 1 aromatic heterocycles. The Morgan fingerprint density at radius 3 is 2.87 bits per heavy atom. The first-order valence-corrected chi connectivity index (χ1v) is 4.96. The number of nitrogens with one attached hydrogen (secondary N) is 1. The molecule has 0 aromatic carbocycles. The SMILES string of the molecule is CCC(CN)CC(=O)Nc1nc(C)no1. The summed E-state index contributed by atoms with van der Waals surface area (Å²) in [5.41, 5.74) is 5.50. The summed E-state index contributed by atoms with van der Waals surface area (Å²) < 4.78 is 4.76. The van der Waals surface area contributed by atoms with Crippen molar-refractivity contribution in [3.05, 3.63) is 5.82 Å². The van der Waals surface area contributed by atoms with Crippen LogP contribution in [0.25, 0.3) is 0 Å². The standard InChI is InChI=1S/C9H16N4O2/c1-3-7(5-10)4-8(14)12-9-11-6(2)13-15-9/h7H,3-5,10H2,1-2H3,(H,11,12,13,14). The maximum absolute atomic E-state index is 11.5. The molecule has 3 N–H and O–H groups in total. The minimum absolute atomic E-state index is 0.143. The number of aryl methyl sites for hydroxylation is 1. The summed E-state index contributed by atoms with van der Waals surface area (Å²) in [6.45, 7) is 4.20. The van der Waals surface area contributed by atoms with Gasteiger partial charge in [-0.2, -0.15) is 4.98 Å². The summed E-state index contributed by atoms with van der Waals surface area (Å²) >= 11 is 0. The minimum atomic E-state index is -0.143. The summed E-state index contributed by atoms with van der Waals surface area (Å²) in [7, 11) is 0. The number of carbonyl (C=O) groups is 1. The Bertz CT molecular complexity index is 320. The third kappa shape index (κ3) is 3.67. The van der Waals surface area contributed by atoms with Gasteiger partial charge in [0.1, 0.15) is 0 Å². The quantitative estimate of drug-likeness (QED) is 0.748. The van der Waals surface area contributed by atoms with Gasteiger partial charge in [-0.1, -0.05) is 18.5 Å². The van der Waals surface area contributed by atoms with Gasteiger partial charge in [0.15, 0.2) is 5.82 Å². The fraction of sp³-hybridized carbons (Fsp3) is 0.667. The first-order valence-electron chi connectivity index (χ1n) is 4.96. The van der Waals surface area contributed by atoms with E-state index >= 15 is 0 Å². The lowest BCUT2D eigenvalue weighted by Crippen LogP contribution is -2.21. The van der Waals surface area contributed by atoms with Crippen molar-refractivity contribution in [3.63, 3.8) is 0 Å². The highest BCUT2D eigenvalue weighted by Gasteiger charge is 2.12. The van der Waals surface area contributed by atoms with Crippen molar-refractivity contribution >= 4 is 11.9 Å². The Morgan fingerprint density at radius 2 is 2.40 bits per heavy atom. The van der Waals surface area contributed by atoms with E-state index in [1.807, 2.05) is 6.92 Å². The van der Waals surface area contributed by atoms with E-state index in [0.717, 1.165) is 6.42 Å². The number of aromatic nitrogens is 2. The highest BCUT2D eigenvalue weighted by atomic mass is 16.5. The molecule has 1 aromatic rings. The predicted molar refractivity (Wildman–Crippen MR) is 55.1 cm³/mol. The van der Waals surface area contributed by atoms with Gasteiger partial charge in [0.05, 0.1) is 0 Å². The van der Waals surface area contributed by atoms with Gasteiger partial charge in [-0.25, -0.2) is 0 Å². The predicted octanol–water partition coefficient (Wildman–Crippen LogP) is 0.692. The average molecular weight is 212 g/mol. The van der Waals surface area contributed by atoms with Crippen LogP contribution in [0.2, 0.25) is 0 Å². The molecule has 0 bridgehead atoms. The molecule has 0 aliphatic rings. The summed E-state index contributed by atoms with van der Waals surface area (Å²) in [6, 6.07) is 0.143. The van der Waals surface area contributed by atoms with Gasteiger partial charge in [-0.3, -0.25) is 10.1 Å². The largest absolute Gasteiger partial charge is 0.330 e. The van der Waals surface area contributed by atoms with Crippen molar-refractivity contribution in [3.8, 4) is 0 Å². The van der Waals surface area contributed by atoms with Crippen molar-refractivity contribution in [2.75, 3.05) is 11.9 Å². The normalized spacial score (nSPS) is 12.5. The minimum Gasteiger partial charge on any atom is -0.330 e.